The van der Waals surface area contributed by atoms with Crippen molar-refractivity contribution in [1.29, 1.82) is 0 Å². The molecule has 0 heteroatoms. The Hall–Kier alpha value is -0.780. The summed E-state index contributed by atoms with van der Waals surface area (Å²) in [6.45, 7) is 7.89. The van der Waals surface area contributed by atoms with Gasteiger partial charge in [0.05, 0.1) is 0 Å². The second kappa shape index (κ2) is 3.40. The van der Waals surface area contributed by atoms with Gasteiger partial charge >= 0.3 is 0 Å². The molecular formula is C10H12. The van der Waals surface area contributed by atoms with Crippen molar-refractivity contribution in [2.24, 2.45) is 0 Å². The van der Waals surface area contributed by atoms with Gasteiger partial charge in [-0.2, -0.15) is 0 Å². The van der Waals surface area contributed by atoms with Crippen LogP contribution in [0.1, 0.15) is 24.8 Å². The van der Waals surface area contributed by atoms with Gasteiger partial charge in [-0.25, -0.2) is 0 Å². The molecule has 1 unspecified atom stereocenters. The fraction of sp³-hybridized carbons (Fsp3) is 0.300. The van der Waals surface area contributed by atoms with Gasteiger partial charge in [0, 0.05) is 0 Å². The van der Waals surface area contributed by atoms with Gasteiger partial charge in [-0.05, 0) is 24.8 Å². The highest BCUT2D eigenvalue weighted by atomic mass is 14.0. The van der Waals surface area contributed by atoms with Crippen molar-refractivity contribution in [3.05, 3.63) is 42.8 Å². The van der Waals surface area contributed by atoms with Crippen molar-refractivity contribution in [3.8, 4) is 0 Å². The zero-order valence-corrected chi connectivity index (χ0v) is 6.25. The van der Waals surface area contributed by atoms with Crippen LogP contribution in [0, 0.1) is 6.92 Å². The van der Waals surface area contributed by atoms with E-state index in [2.05, 4.69) is 19.1 Å². The Morgan fingerprint density at radius 3 is 2.40 bits per heavy atom. The van der Waals surface area contributed by atoms with Crippen LogP contribution in [0.2, 0.25) is 0 Å². The van der Waals surface area contributed by atoms with E-state index in [1.807, 2.05) is 18.2 Å². The summed E-state index contributed by atoms with van der Waals surface area (Å²) >= 11 is 0. The van der Waals surface area contributed by atoms with Crippen LogP contribution in [-0.4, -0.2) is 0 Å². The largest absolute Gasteiger partial charge is 0.0648 e. The fourth-order valence-corrected chi connectivity index (χ4v) is 0.936. The molecule has 0 amide bonds. The van der Waals surface area contributed by atoms with Crippen molar-refractivity contribution in [3.63, 3.8) is 0 Å². The SMILES string of the molecule is [CH]C(CC)c1ccccc1. The van der Waals surface area contributed by atoms with Crippen molar-refractivity contribution in [2.75, 3.05) is 0 Å². The lowest BCUT2D eigenvalue weighted by Gasteiger charge is -2.06. The molecule has 0 saturated heterocycles. The summed E-state index contributed by atoms with van der Waals surface area (Å²) in [5.41, 5.74) is 1.23. The molecule has 0 spiro atoms. The summed E-state index contributed by atoms with van der Waals surface area (Å²) < 4.78 is 0. The van der Waals surface area contributed by atoms with E-state index in [-0.39, 0.29) is 5.92 Å². The van der Waals surface area contributed by atoms with Gasteiger partial charge in [-0.1, -0.05) is 37.3 Å². The molecular weight excluding hydrogens is 120 g/mol. The second-order valence-electron chi connectivity index (χ2n) is 2.43. The van der Waals surface area contributed by atoms with E-state index < -0.39 is 0 Å². The van der Waals surface area contributed by atoms with Crippen molar-refractivity contribution < 1.29 is 0 Å². The lowest BCUT2D eigenvalue weighted by molar-refractivity contribution is 0.802. The van der Waals surface area contributed by atoms with Crippen LogP contribution < -0.4 is 0 Å². The number of rotatable bonds is 2. The molecule has 0 aliphatic heterocycles. The summed E-state index contributed by atoms with van der Waals surface area (Å²) in [5.74, 6) is 0.209. The van der Waals surface area contributed by atoms with Crippen LogP contribution >= 0.6 is 0 Å². The van der Waals surface area contributed by atoms with Crippen LogP contribution in [0.5, 0.6) is 0 Å². The van der Waals surface area contributed by atoms with Gasteiger partial charge in [-0.3, -0.25) is 0 Å². The maximum absolute atomic E-state index is 5.79. The first-order chi connectivity index (χ1) is 4.84. The molecule has 2 radical (unpaired) electrons. The molecule has 0 heterocycles. The Labute approximate surface area is 62.9 Å². The highest BCUT2D eigenvalue weighted by Crippen LogP contribution is 2.16. The first-order valence-electron chi connectivity index (χ1n) is 3.65. The van der Waals surface area contributed by atoms with Crippen molar-refractivity contribution >= 4 is 0 Å². The summed E-state index contributed by atoms with van der Waals surface area (Å²) in [6, 6.07) is 10.2. The lowest BCUT2D eigenvalue weighted by Crippen LogP contribution is -1.89. The predicted molar refractivity (Wildman–Crippen MR) is 43.8 cm³/mol. The number of hydrogen-bond acceptors (Lipinski definition) is 0. The van der Waals surface area contributed by atoms with Crippen LogP contribution in [0.4, 0.5) is 0 Å². The molecule has 0 saturated carbocycles. The first kappa shape index (κ1) is 7.33. The van der Waals surface area contributed by atoms with Gasteiger partial charge < -0.3 is 0 Å². The Morgan fingerprint density at radius 2 is 1.90 bits per heavy atom. The normalized spacial score (nSPS) is 13.0. The summed E-state index contributed by atoms with van der Waals surface area (Å²) in [7, 11) is 0. The van der Waals surface area contributed by atoms with Crippen LogP contribution in [0.3, 0.4) is 0 Å². The fourth-order valence-electron chi connectivity index (χ4n) is 0.936. The molecule has 1 rings (SSSR count). The zero-order valence-electron chi connectivity index (χ0n) is 6.25. The van der Waals surface area contributed by atoms with E-state index in [0.29, 0.717) is 0 Å². The topological polar surface area (TPSA) is 0 Å². The Bertz CT molecular complexity index is 176. The van der Waals surface area contributed by atoms with Crippen LogP contribution in [-0.2, 0) is 0 Å². The number of benzene rings is 1. The minimum Gasteiger partial charge on any atom is -0.0648 e. The standard InChI is InChI=1S/C10H12/c1-3-9(2)10-7-5-4-6-8-10/h2,4-9H,3H2,1H3. The summed E-state index contributed by atoms with van der Waals surface area (Å²) in [5, 5.41) is 0. The highest BCUT2D eigenvalue weighted by Gasteiger charge is 1.99. The van der Waals surface area contributed by atoms with E-state index in [0.717, 1.165) is 6.42 Å². The molecule has 1 atom stereocenters. The second-order valence-corrected chi connectivity index (χ2v) is 2.43. The quantitative estimate of drug-likeness (QED) is 0.580. The third-order valence-electron chi connectivity index (χ3n) is 1.67. The molecule has 1 aromatic rings. The van der Waals surface area contributed by atoms with Gasteiger partial charge in [0.15, 0.2) is 0 Å². The van der Waals surface area contributed by atoms with Crippen molar-refractivity contribution in [2.45, 2.75) is 19.3 Å². The Morgan fingerprint density at radius 1 is 1.30 bits per heavy atom. The molecule has 0 aliphatic rings. The molecule has 0 bridgehead atoms. The smallest absolute Gasteiger partial charge is 0.0130 e. The first-order valence-corrected chi connectivity index (χ1v) is 3.65. The molecule has 0 aromatic heterocycles. The van der Waals surface area contributed by atoms with Gasteiger partial charge in [0.2, 0.25) is 0 Å². The van der Waals surface area contributed by atoms with E-state index in [1.165, 1.54) is 5.56 Å². The third kappa shape index (κ3) is 1.60. The molecule has 0 aliphatic carbocycles. The summed E-state index contributed by atoms with van der Waals surface area (Å²) in [6.07, 6.45) is 1.00. The maximum Gasteiger partial charge on any atom is -0.0130 e. The molecule has 1 aromatic carbocycles. The zero-order chi connectivity index (χ0) is 7.40. The minimum atomic E-state index is 0.209. The highest BCUT2D eigenvalue weighted by molar-refractivity contribution is 5.19. The molecule has 0 nitrogen and oxygen atoms in total. The Balaban J connectivity index is 2.75. The summed E-state index contributed by atoms with van der Waals surface area (Å²) in [4.78, 5) is 0. The Kier molecular flexibility index (Phi) is 2.49. The van der Waals surface area contributed by atoms with Gasteiger partial charge in [0.25, 0.3) is 0 Å². The molecule has 52 valence electrons. The van der Waals surface area contributed by atoms with E-state index >= 15 is 0 Å². The lowest BCUT2D eigenvalue weighted by atomic mass is 9.99. The molecule has 0 fully saturated rings. The third-order valence-corrected chi connectivity index (χ3v) is 1.67. The number of hydrogen-bond donors (Lipinski definition) is 0. The maximum atomic E-state index is 5.79. The minimum absolute atomic E-state index is 0.209. The van der Waals surface area contributed by atoms with Crippen LogP contribution in [0.25, 0.3) is 0 Å². The monoisotopic (exact) mass is 132 g/mol. The molecule has 10 heavy (non-hydrogen) atoms. The average molecular weight is 132 g/mol. The molecule has 0 N–H and O–H groups in total. The van der Waals surface area contributed by atoms with E-state index in [4.69, 9.17) is 6.92 Å². The predicted octanol–water partition coefficient (Wildman–Crippen LogP) is 2.89. The van der Waals surface area contributed by atoms with Gasteiger partial charge in [-0.15, -0.1) is 0 Å². The van der Waals surface area contributed by atoms with E-state index in [9.17, 15) is 0 Å². The van der Waals surface area contributed by atoms with Crippen molar-refractivity contribution in [1.82, 2.24) is 0 Å². The van der Waals surface area contributed by atoms with E-state index in [1.54, 1.807) is 0 Å². The average Bonchev–Trinajstić information content (AvgIpc) is 2.05. The van der Waals surface area contributed by atoms with Gasteiger partial charge in [0.1, 0.15) is 0 Å². The van der Waals surface area contributed by atoms with Crippen LogP contribution in [0.15, 0.2) is 30.3 Å².